The van der Waals surface area contributed by atoms with Crippen LogP contribution < -0.4 is 5.73 Å². The second kappa shape index (κ2) is 2.75. The Labute approximate surface area is 56.8 Å². The van der Waals surface area contributed by atoms with Crippen LogP contribution in [0.1, 0.15) is 5.82 Å². The fraction of sp³-hybridized carbons (Fsp3) is 0.500. The van der Waals surface area contributed by atoms with Gasteiger partial charge in [-0.3, -0.25) is 0 Å². The van der Waals surface area contributed by atoms with Gasteiger partial charge in [0.15, 0.2) is 11.0 Å². The van der Waals surface area contributed by atoms with Gasteiger partial charge in [0.1, 0.15) is 6.61 Å². The lowest BCUT2D eigenvalue weighted by Gasteiger charge is -1.86. The van der Waals surface area contributed by atoms with E-state index in [0.717, 1.165) is 0 Å². The van der Waals surface area contributed by atoms with Gasteiger partial charge in [0.05, 0.1) is 0 Å². The summed E-state index contributed by atoms with van der Waals surface area (Å²) in [5.74, 6) is 0.653. The summed E-state index contributed by atoms with van der Waals surface area (Å²) in [7, 11) is 1.59. The molecule has 0 unspecified atom stereocenters. The van der Waals surface area contributed by atoms with E-state index in [4.69, 9.17) is 10.5 Å². The smallest absolute Gasteiger partial charge is 0.200 e. The molecule has 9 heavy (non-hydrogen) atoms. The summed E-state index contributed by atoms with van der Waals surface area (Å²) < 4.78 is 8.65. The molecule has 0 amide bonds. The van der Waals surface area contributed by atoms with Crippen molar-refractivity contribution in [3.05, 3.63) is 5.82 Å². The minimum absolute atomic E-state index is 0.438. The van der Waals surface area contributed by atoms with Gasteiger partial charge in [0.2, 0.25) is 0 Å². The average molecular weight is 145 g/mol. The molecule has 1 rings (SSSR count). The monoisotopic (exact) mass is 145 g/mol. The molecule has 50 valence electrons. The molecule has 2 N–H and O–H groups in total. The second-order valence-corrected chi connectivity index (χ2v) is 2.27. The van der Waals surface area contributed by atoms with Crippen molar-refractivity contribution in [3.63, 3.8) is 0 Å². The molecule has 0 bridgehead atoms. The molecule has 0 aromatic carbocycles. The third-order valence-corrected chi connectivity index (χ3v) is 1.34. The van der Waals surface area contributed by atoms with E-state index in [9.17, 15) is 0 Å². The van der Waals surface area contributed by atoms with Gasteiger partial charge < -0.3 is 10.5 Å². The zero-order valence-electron chi connectivity index (χ0n) is 5.00. The minimum atomic E-state index is 0.438. The van der Waals surface area contributed by atoms with Crippen molar-refractivity contribution in [2.45, 2.75) is 6.61 Å². The summed E-state index contributed by atoms with van der Waals surface area (Å²) in [5, 5.41) is 0.488. The number of nitrogens with zero attached hydrogens (tertiary/aromatic N) is 2. The van der Waals surface area contributed by atoms with E-state index in [1.165, 1.54) is 11.5 Å². The van der Waals surface area contributed by atoms with Crippen LogP contribution in [0.15, 0.2) is 0 Å². The molecule has 1 heterocycles. The summed E-state index contributed by atoms with van der Waals surface area (Å²) in [6, 6.07) is 0. The van der Waals surface area contributed by atoms with Gasteiger partial charge in [-0.2, -0.15) is 4.37 Å². The van der Waals surface area contributed by atoms with Gasteiger partial charge in [-0.05, 0) is 0 Å². The predicted molar refractivity (Wildman–Crippen MR) is 35.0 cm³/mol. The second-order valence-electron chi connectivity index (χ2n) is 1.48. The maximum Gasteiger partial charge on any atom is 0.200 e. The standard InChI is InChI=1S/C4H7N3OS/c1-8-2-3-6-4(5)9-7-3/h2H2,1H3,(H2,5,6,7). The maximum atomic E-state index is 5.30. The third-order valence-electron chi connectivity index (χ3n) is 0.757. The highest BCUT2D eigenvalue weighted by Crippen LogP contribution is 2.05. The molecule has 0 radical (unpaired) electrons. The molecule has 0 atom stereocenters. The molecule has 0 fully saturated rings. The van der Waals surface area contributed by atoms with Crippen LogP contribution in [0, 0.1) is 0 Å². The quantitative estimate of drug-likeness (QED) is 0.648. The molecule has 0 aliphatic rings. The first kappa shape index (κ1) is 6.44. The fourth-order valence-corrected chi connectivity index (χ4v) is 0.894. The van der Waals surface area contributed by atoms with Crippen molar-refractivity contribution >= 4 is 16.7 Å². The Morgan fingerprint density at radius 2 is 2.56 bits per heavy atom. The average Bonchev–Trinajstić information content (AvgIpc) is 2.17. The topological polar surface area (TPSA) is 61.0 Å². The molecular weight excluding hydrogens is 138 g/mol. The molecule has 0 aliphatic heterocycles. The predicted octanol–water partition coefficient (Wildman–Crippen LogP) is 0.267. The first-order chi connectivity index (χ1) is 4.33. The van der Waals surface area contributed by atoms with Crippen molar-refractivity contribution in [1.82, 2.24) is 9.36 Å². The summed E-state index contributed by atoms with van der Waals surface area (Å²) in [5.41, 5.74) is 5.30. The summed E-state index contributed by atoms with van der Waals surface area (Å²) >= 11 is 1.18. The van der Waals surface area contributed by atoms with Gasteiger partial charge >= 0.3 is 0 Å². The summed E-state index contributed by atoms with van der Waals surface area (Å²) in [4.78, 5) is 3.86. The van der Waals surface area contributed by atoms with Crippen LogP contribution >= 0.6 is 11.5 Å². The third kappa shape index (κ3) is 1.62. The molecule has 4 nitrogen and oxygen atoms in total. The summed E-state index contributed by atoms with van der Waals surface area (Å²) in [6.45, 7) is 0.438. The largest absolute Gasteiger partial charge is 0.377 e. The fourth-order valence-electron chi connectivity index (χ4n) is 0.455. The molecule has 1 aromatic rings. The molecule has 0 aliphatic carbocycles. The number of nitrogens with two attached hydrogens (primary N) is 1. The number of hydrogen-bond acceptors (Lipinski definition) is 5. The Balaban J connectivity index is 2.61. The number of anilines is 1. The number of rotatable bonds is 2. The van der Waals surface area contributed by atoms with Crippen molar-refractivity contribution in [1.29, 1.82) is 0 Å². The van der Waals surface area contributed by atoms with E-state index in [0.29, 0.717) is 17.6 Å². The van der Waals surface area contributed by atoms with E-state index >= 15 is 0 Å². The van der Waals surface area contributed by atoms with E-state index < -0.39 is 0 Å². The lowest BCUT2D eigenvalue weighted by Crippen LogP contribution is -1.90. The number of methoxy groups -OCH3 is 1. The van der Waals surface area contributed by atoms with Crippen molar-refractivity contribution in [3.8, 4) is 0 Å². The lowest BCUT2D eigenvalue weighted by molar-refractivity contribution is 0.179. The Hall–Kier alpha value is -0.680. The lowest BCUT2D eigenvalue weighted by atomic mass is 10.7. The van der Waals surface area contributed by atoms with Crippen LogP contribution in [0.2, 0.25) is 0 Å². The van der Waals surface area contributed by atoms with Crippen molar-refractivity contribution in [2.75, 3.05) is 12.8 Å². The molecule has 0 saturated carbocycles. The summed E-state index contributed by atoms with van der Waals surface area (Å²) in [6.07, 6.45) is 0. The molecule has 0 saturated heterocycles. The van der Waals surface area contributed by atoms with Gasteiger partial charge in [-0.25, -0.2) is 4.98 Å². The molecule has 5 heteroatoms. The number of hydrogen-bond donors (Lipinski definition) is 1. The zero-order chi connectivity index (χ0) is 6.69. The van der Waals surface area contributed by atoms with Crippen molar-refractivity contribution < 1.29 is 4.74 Å². The molecule has 0 spiro atoms. The van der Waals surface area contributed by atoms with Crippen LogP contribution in [0.5, 0.6) is 0 Å². The van der Waals surface area contributed by atoms with Gasteiger partial charge in [-0.15, -0.1) is 0 Å². The van der Waals surface area contributed by atoms with E-state index in [-0.39, 0.29) is 0 Å². The highest BCUT2D eigenvalue weighted by Gasteiger charge is 1.97. The van der Waals surface area contributed by atoms with Gasteiger partial charge in [0.25, 0.3) is 0 Å². The number of aromatic nitrogens is 2. The first-order valence-corrected chi connectivity index (χ1v) is 3.17. The number of ether oxygens (including phenoxy) is 1. The van der Waals surface area contributed by atoms with E-state index in [1.54, 1.807) is 7.11 Å². The van der Waals surface area contributed by atoms with Crippen LogP contribution in [0.3, 0.4) is 0 Å². The Morgan fingerprint density at radius 1 is 1.78 bits per heavy atom. The van der Waals surface area contributed by atoms with Gasteiger partial charge in [0, 0.05) is 18.6 Å². The highest BCUT2D eigenvalue weighted by atomic mass is 32.1. The maximum absolute atomic E-state index is 5.30. The highest BCUT2D eigenvalue weighted by molar-refractivity contribution is 7.09. The Bertz CT molecular complexity index is 188. The van der Waals surface area contributed by atoms with Crippen LogP contribution in [-0.4, -0.2) is 16.5 Å². The Kier molecular flexibility index (Phi) is 1.96. The van der Waals surface area contributed by atoms with E-state index in [2.05, 4.69) is 9.36 Å². The minimum Gasteiger partial charge on any atom is -0.377 e. The first-order valence-electron chi connectivity index (χ1n) is 2.40. The van der Waals surface area contributed by atoms with Crippen LogP contribution in [-0.2, 0) is 11.3 Å². The zero-order valence-corrected chi connectivity index (χ0v) is 5.81. The normalized spacial score (nSPS) is 9.89. The molecular formula is C4H7N3OS. The van der Waals surface area contributed by atoms with Crippen LogP contribution in [0.25, 0.3) is 0 Å². The van der Waals surface area contributed by atoms with Crippen molar-refractivity contribution in [2.24, 2.45) is 0 Å². The van der Waals surface area contributed by atoms with Gasteiger partial charge in [-0.1, -0.05) is 0 Å². The van der Waals surface area contributed by atoms with E-state index in [1.807, 2.05) is 0 Å². The SMILES string of the molecule is COCc1nsc(N)n1. The number of nitrogen functional groups attached to an aromatic ring is 1. The van der Waals surface area contributed by atoms with Crippen LogP contribution in [0.4, 0.5) is 5.13 Å². The molecule has 1 aromatic heterocycles. The Morgan fingerprint density at radius 3 is 3.00 bits per heavy atom.